The van der Waals surface area contributed by atoms with Crippen LogP contribution in [0, 0.1) is 11.8 Å². The summed E-state index contributed by atoms with van der Waals surface area (Å²) in [5, 5.41) is 3.77. The van der Waals surface area contributed by atoms with E-state index in [0.29, 0.717) is 5.54 Å². The van der Waals surface area contributed by atoms with Gasteiger partial charge in [0.15, 0.2) is 0 Å². The quantitative estimate of drug-likeness (QED) is 0.780. The predicted molar refractivity (Wildman–Crippen MR) is 78.9 cm³/mol. The van der Waals surface area contributed by atoms with Gasteiger partial charge in [-0.3, -0.25) is 4.90 Å². The second kappa shape index (κ2) is 5.92. The van der Waals surface area contributed by atoms with Crippen LogP contribution in [-0.4, -0.2) is 36.1 Å². The molecule has 1 N–H and O–H groups in total. The summed E-state index contributed by atoms with van der Waals surface area (Å²) in [6.45, 7) is 13.3. The van der Waals surface area contributed by atoms with Crippen LogP contribution < -0.4 is 5.32 Å². The fourth-order valence-corrected chi connectivity index (χ4v) is 3.42. The normalized spacial score (nSPS) is 34.2. The van der Waals surface area contributed by atoms with Gasteiger partial charge in [-0.25, -0.2) is 0 Å². The first-order valence-corrected chi connectivity index (χ1v) is 8.04. The molecule has 18 heavy (non-hydrogen) atoms. The standard InChI is InChI=1S/C16H32N2/c1-5-15-11-18(10-6-7-13(2)3)16(4,12-17-15)14-8-9-14/h13-15,17H,5-12H2,1-4H3. The van der Waals surface area contributed by atoms with Crippen molar-refractivity contribution in [3.63, 3.8) is 0 Å². The summed E-state index contributed by atoms with van der Waals surface area (Å²) < 4.78 is 0. The highest BCUT2D eigenvalue weighted by molar-refractivity contribution is 5.04. The van der Waals surface area contributed by atoms with E-state index in [1.165, 1.54) is 51.7 Å². The minimum atomic E-state index is 0.447. The Labute approximate surface area is 114 Å². The molecule has 1 heterocycles. The highest BCUT2D eigenvalue weighted by Crippen LogP contribution is 2.44. The molecule has 0 aromatic heterocycles. The minimum absolute atomic E-state index is 0.447. The predicted octanol–water partition coefficient (Wildman–Crippen LogP) is 3.28. The largest absolute Gasteiger partial charge is 0.311 e. The molecule has 0 aromatic carbocycles. The topological polar surface area (TPSA) is 15.3 Å². The number of hydrogen-bond donors (Lipinski definition) is 1. The average Bonchev–Trinajstić information content (AvgIpc) is 3.15. The smallest absolute Gasteiger partial charge is 0.0334 e. The van der Waals surface area contributed by atoms with Gasteiger partial charge in [-0.15, -0.1) is 0 Å². The lowest BCUT2D eigenvalue weighted by Gasteiger charge is -2.49. The van der Waals surface area contributed by atoms with Crippen molar-refractivity contribution in [1.29, 1.82) is 0 Å². The van der Waals surface area contributed by atoms with E-state index in [2.05, 4.69) is 37.9 Å². The van der Waals surface area contributed by atoms with E-state index in [-0.39, 0.29) is 0 Å². The zero-order valence-electron chi connectivity index (χ0n) is 12.8. The monoisotopic (exact) mass is 252 g/mol. The van der Waals surface area contributed by atoms with Crippen LogP contribution in [0.25, 0.3) is 0 Å². The fourth-order valence-electron chi connectivity index (χ4n) is 3.42. The summed E-state index contributed by atoms with van der Waals surface area (Å²) in [6, 6.07) is 0.718. The Hall–Kier alpha value is -0.0800. The summed E-state index contributed by atoms with van der Waals surface area (Å²) in [6.07, 6.45) is 6.92. The molecule has 0 bridgehead atoms. The Morgan fingerprint density at radius 1 is 1.33 bits per heavy atom. The van der Waals surface area contributed by atoms with E-state index >= 15 is 0 Å². The van der Waals surface area contributed by atoms with Gasteiger partial charge < -0.3 is 5.32 Å². The maximum absolute atomic E-state index is 3.77. The van der Waals surface area contributed by atoms with E-state index in [4.69, 9.17) is 0 Å². The second-order valence-corrected chi connectivity index (χ2v) is 7.10. The average molecular weight is 252 g/mol. The Balaban J connectivity index is 1.91. The molecule has 106 valence electrons. The van der Waals surface area contributed by atoms with Crippen LogP contribution in [0.1, 0.15) is 59.8 Å². The molecular formula is C16H32N2. The third-order valence-corrected chi connectivity index (χ3v) is 5.07. The highest BCUT2D eigenvalue weighted by atomic mass is 15.3. The molecule has 2 fully saturated rings. The summed E-state index contributed by atoms with van der Waals surface area (Å²) in [5.41, 5.74) is 0.447. The van der Waals surface area contributed by atoms with Gasteiger partial charge in [0, 0.05) is 24.7 Å². The lowest BCUT2D eigenvalue weighted by Crippen LogP contribution is -2.64. The van der Waals surface area contributed by atoms with Crippen molar-refractivity contribution in [2.24, 2.45) is 11.8 Å². The van der Waals surface area contributed by atoms with Crippen molar-refractivity contribution in [3.8, 4) is 0 Å². The molecule has 2 rings (SSSR count). The molecule has 0 aromatic rings. The van der Waals surface area contributed by atoms with Crippen LogP contribution in [0.3, 0.4) is 0 Å². The molecule has 1 aliphatic carbocycles. The van der Waals surface area contributed by atoms with Crippen LogP contribution in [0.2, 0.25) is 0 Å². The molecule has 0 radical (unpaired) electrons. The SMILES string of the molecule is CCC1CN(CCCC(C)C)C(C)(C2CC2)CN1. The van der Waals surface area contributed by atoms with Gasteiger partial charge in [-0.05, 0) is 57.4 Å². The molecule has 2 unspecified atom stereocenters. The summed E-state index contributed by atoms with van der Waals surface area (Å²) in [4.78, 5) is 2.82. The maximum atomic E-state index is 3.77. The minimum Gasteiger partial charge on any atom is -0.311 e. The molecule has 2 nitrogen and oxygen atoms in total. The number of rotatable bonds is 6. The van der Waals surface area contributed by atoms with E-state index in [1.54, 1.807) is 0 Å². The molecule has 1 saturated carbocycles. The first kappa shape index (κ1) is 14.3. The summed E-state index contributed by atoms with van der Waals surface area (Å²) in [7, 11) is 0. The van der Waals surface area contributed by atoms with Crippen LogP contribution in [-0.2, 0) is 0 Å². The van der Waals surface area contributed by atoms with Gasteiger partial charge >= 0.3 is 0 Å². The maximum Gasteiger partial charge on any atom is 0.0334 e. The van der Waals surface area contributed by atoms with E-state index < -0.39 is 0 Å². The molecule has 1 aliphatic heterocycles. The molecule has 0 spiro atoms. The van der Waals surface area contributed by atoms with Crippen molar-refractivity contribution < 1.29 is 0 Å². The van der Waals surface area contributed by atoms with Crippen molar-refractivity contribution in [1.82, 2.24) is 10.2 Å². The Kier molecular flexibility index (Phi) is 4.71. The fraction of sp³-hybridized carbons (Fsp3) is 1.00. The van der Waals surface area contributed by atoms with Crippen molar-refractivity contribution in [2.75, 3.05) is 19.6 Å². The van der Waals surface area contributed by atoms with E-state index in [9.17, 15) is 0 Å². The van der Waals surface area contributed by atoms with Gasteiger partial charge in [-0.1, -0.05) is 20.8 Å². The third kappa shape index (κ3) is 3.27. The lowest BCUT2D eigenvalue weighted by molar-refractivity contribution is 0.0321. The second-order valence-electron chi connectivity index (χ2n) is 7.10. The number of nitrogens with zero attached hydrogens (tertiary/aromatic N) is 1. The summed E-state index contributed by atoms with van der Waals surface area (Å²) >= 11 is 0. The first-order chi connectivity index (χ1) is 8.56. The van der Waals surface area contributed by atoms with Crippen LogP contribution in [0.5, 0.6) is 0 Å². The molecule has 1 saturated heterocycles. The zero-order valence-corrected chi connectivity index (χ0v) is 12.8. The Bertz CT molecular complexity index is 260. The zero-order chi connectivity index (χ0) is 13.2. The van der Waals surface area contributed by atoms with Crippen LogP contribution >= 0.6 is 0 Å². The van der Waals surface area contributed by atoms with Gasteiger partial charge in [0.25, 0.3) is 0 Å². The third-order valence-electron chi connectivity index (χ3n) is 5.07. The Morgan fingerprint density at radius 3 is 2.61 bits per heavy atom. The molecule has 2 aliphatic rings. The highest BCUT2D eigenvalue weighted by Gasteiger charge is 2.47. The lowest BCUT2D eigenvalue weighted by atomic mass is 9.88. The van der Waals surface area contributed by atoms with Crippen LogP contribution in [0.4, 0.5) is 0 Å². The number of nitrogens with one attached hydrogen (secondary N) is 1. The van der Waals surface area contributed by atoms with E-state index in [0.717, 1.165) is 17.9 Å². The van der Waals surface area contributed by atoms with Crippen molar-refractivity contribution in [2.45, 2.75) is 71.4 Å². The Morgan fingerprint density at radius 2 is 2.06 bits per heavy atom. The van der Waals surface area contributed by atoms with Crippen molar-refractivity contribution >= 4 is 0 Å². The van der Waals surface area contributed by atoms with Crippen molar-refractivity contribution in [3.05, 3.63) is 0 Å². The molecule has 2 atom stereocenters. The van der Waals surface area contributed by atoms with E-state index in [1.807, 2.05) is 0 Å². The van der Waals surface area contributed by atoms with Crippen LogP contribution in [0.15, 0.2) is 0 Å². The molecular weight excluding hydrogens is 220 g/mol. The van der Waals surface area contributed by atoms with Gasteiger partial charge in [0.1, 0.15) is 0 Å². The van der Waals surface area contributed by atoms with Gasteiger partial charge in [0.05, 0.1) is 0 Å². The number of piperazine rings is 1. The summed E-state index contributed by atoms with van der Waals surface area (Å²) in [5.74, 6) is 1.81. The van der Waals surface area contributed by atoms with Gasteiger partial charge in [-0.2, -0.15) is 0 Å². The molecule has 0 amide bonds. The first-order valence-electron chi connectivity index (χ1n) is 8.04. The molecule has 2 heteroatoms. The van der Waals surface area contributed by atoms with Gasteiger partial charge in [0.2, 0.25) is 0 Å². The number of hydrogen-bond acceptors (Lipinski definition) is 2.